The molecule has 20 heavy (non-hydrogen) atoms. The first-order valence-corrected chi connectivity index (χ1v) is 7.23. The van der Waals surface area contributed by atoms with Crippen molar-refractivity contribution in [3.8, 4) is 0 Å². The summed E-state index contributed by atoms with van der Waals surface area (Å²) in [4.78, 5) is 24.6. The van der Waals surface area contributed by atoms with Gasteiger partial charge in [-0.05, 0) is 31.2 Å². The van der Waals surface area contributed by atoms with E-state index in [2.05, 4.69) is 11.8 Å². The fraction of sp³-hybridized carbons (Fsp3) is 0.600. The van der Waals surface area contributed by atoms with Gasteiger partial charge in [0, 0.05) is 38.3 Å². The highest BCUT2D eigenvalue weighted by Crippen LogP contribution is 2.21. The van der Waals surface area contributed by atoms with E-state index in [4.69, 9.17) is 5.11 Å². The molecule has 0 aliphatic carbocycles. The van der Waals surface area contributed by atoms with Crippen LogP contribution in [-0.2, 0) is 11.3 Å². The number of carbonyl (C=O) groups is 1. The van der Waals surface area contributed by atoms with E-state index in [9.17, 15) is 9.59 Å². The Hall–Kier alpha value is -1.78. The summed E-state index contributed by atoms with van der Waals surface area (Å²) < 4.78 is 1.62. The quantitative estimate of drug-likeness (QED) is 0.894. The minimum absolute atomic E-state index is 0.0653. The highest BCUT2D eigenvalue weighted by atomic mass is 16.4. The second kappa shape index (κ2) is 6.59. The average Bonchev–Trinajstić information content (AvgIpc) is 2.41. The van der Waals surface area contributed by atoms with Crippen LogP contribution in [0.1, 0.15) is 32.6 Å². The van der Waals surface area contributed by atoms with Crippen LogP contribution in [-0.4, -0.2) is 28.7 Å². The lowest BCUT2D eigenvalue weighted by molar-refractivity contribution is -0.137. The Morgan fingerprint density at radius 3 is 2.70 bits per heavy atom. The Morgan fingerprint density at radius 2 is 2.05 bits per heavy atom. The van der Waals surface area contributed by atoms with Crippen LogP contribution in [0.4, 0.5) is 5.69 Å². The summed E-state index contributed by atoms with van der Waals surface area (Å²) >= 11 is 0. The van der Waals surface area contributed by atoms with Crippen LogP contribution in [0, 0.1) is 5.92 Å². The molecule has 5 nitrogen and oxygen atoms in total. The fourth-order valence-corrected chi connectivity index (χ4v) is 2.55. The summed E-state index contributed by atoms with van der Waals surface area (Å²) in [5.41, 5.74) is 0.997. The van der Waals surface area contributed by atoms with E-state index in [1.54, 1.807) is 10.6 Å². The Kier molecular flexibility index (Phi) is 4.82. The highest BCUT2D eigenvalue weighted by Gasteiger charge is 2.16. The number of hydrogen-bond donors (Lipinski definition) is 1. The minimum Gasteiger partial charge on any atom is -0.481 e. The van der Waals surface area contributed by atoms with Gasteiger partial charge in [-0.3, -0.25) is 9.59 Å². The van der Waals surface area contributed by atoms with Gasteiger partial charge in [0.2, 0.25) is 0 Å². The number of anilines is 1. The predicted octanol–water partition coefficient (Wildman–Crippen LogP) is 1.95. The summed E-state index contributed by atoms with van der Waals surface area (Å²) in [6.45, 7) is 4.77. The normalized spacial score (nSPS) is 16.4. The smallest absolute Gasteiger partial charge is 0.303 e. The van der Waals surface area contributed by atoms with E-state index in [0.29, 0.717) is 13.0 Å². The van der Waals surface area contributed by atoms with E-state index >= 15 is 0 Å². The molecule has 110 valence electrons. The van der Waals surface area contributed by atoms with Gasteiger partial charge in [0.05, 0.1) is 5.69 Å². The Bertz CT molecular complexity index is 516. The maximum absolute atomic E-state index is 11.8. The number of carboxylic acids is 1. The third-order valence-electron chi connectivity index (χ3n) is 3.91. The molecule has 0 bridgehead atoms. The molecule has 1 aliphatic heterocycles. The molecule has 1 aromatic rings. The van der Waals surface area contributed by atoms with Crippen molar-refractivity contribution in [2.75, 3.05) is 18.0 Å². The average molecular weight is 278 g/mol. The topological polar surface area (TPSA) is 62.5 Å². The van der Waals surface area contributed by atoms with Crippen molar-refractivity contribution in [3.63, 3.8) is 0 Å². The van der Waals surface area contributed by atoms with E-state index < -0.39 is 5.97 Å². The van der Waals surface area contributed by atoms with Crippen LogP contribution < -0.4 is 10.5 Å². The van der Waals surface area contributed by atoms with Crippen molar-refractivity contribution < 1.29 is 9.90 Å². The number of aryl methyl sites for hydroxylation is 1. The molecule has 0 aromatic carbocycles. The number of carboxylic acid groups (broad SMARTS) is 1. The molecule has 5 heteroatoms. The second-order valence-corrected chi connectivity index (χ2v) is 5.59. The molecule has 1 fully saturated rings. The van der Waals surface area contributed by atoms with Crippen molar-refractivity contribution in [3.05, 3.63) is 28.7 Å². The maximum Gasteiger partial charge on any atom is 0.303 e. The van der Waals surface area contributed by atoms with Crippen LogP contribution in [0.3, 0.4) is 0 Å². The minimum atomic E-state index is -0.820. The van der Waals surface area contributed by atoms with E-state index in [-0.39, 0.29) is 12.0 Å². The van der Waals surface area contributed by atoms with Crippen molar-refractivity contribution in [1.82, 2.24) is 4.57 Å². The summed E-state index contributed by atoms with van der Waals surface area (Å²) in [6, 6.07) is 3.44. The number of aromatic nitrogens is 1. The third-order valence-corrected chi connectivity index (χ3v) is 3.91. The summed E-state index contributed by atoms with van der Waals surface area (Å²) in [7, 11) is 0. The predicted molar refractivity (Wildman–Crippen MR) is 78.2 cm³/mol. The molecule has 1 N–H and O–H groups in total. The number of hydrogen-bond acceptors (Lipinski definition) is 3. The molecule has 0 radical (unpaired) electrons. The first kappa shape index (κ1) is 14.6. The fourth-order valence-electron chi connectivity index (χ4n) is 2.55. The molecule has 0 amide bonds. The summed E-state index contributed by atoms with van der Waals surface area (Å²) in [5.74, 6) is -0.0491. The molecule has 2 heterocycles. The van der Waals surface area contributed by atoms with Crippen LogP contribution >= 0.6 is 0 Å². The SMILES string of the molecule is CC1CCN(c2ccc(=O)n(CCCC(=O)O)c2)CC1. The van der Waals surface area contributed by atoms with Gasteiger partial charge in [-0.15, -0.1) is 0 Å². The lowest BCUT2D eigenvalue weighted by atomic mass is 9.99. The largest absolute Gasteiger partial charge is 0.481 e. The number of piperidine rings is 1. The summed E-state index contributed by atoms with van der Waals surface area (Å²) in [6.07, 6.45) is 4.80. The van der Waals surface area contributed by atoms with E-state index in [0.717, 1.165) is 24.7 Å². The molecule has 1 aliphatic rings. The maximum atomic E-state index is 11.8. The van der Waals surface area contributed by atoms with Crippen molar-refractivity contribution in [1.29, 1.82) is 0 Å². The molecule has 1 saturated heterocycles. The molecular formula is C15H22N2O3. The van der Waals surface area contributed by atoms with Gasteiger partial charge < -0.3 is 14.6 Å². The second-order valence-electron chi connectivity index (χ2n) is 5.59. The number of nitrogens with zero attached hydrogens (tertiary/aromatic N) is 2. The van der Waals surface area contributed by atoms with Crippen LogP contribution in [0.15, 0.2) is 23.1 Å². The number of pyridine rings is 1. The lowest BCUT2D eigenvalue weighted by Crippen LogP contribution is -2.33. The van der Waals surface area contributed by atoms with Crippen LogP contribution in [0.5, 0.6) is 0 Å². The van der Waals surface area contributed by atoms with Crippen molar-refractivity contribution in [2.24, 2.45) is 5.92 Å². The van der Waals surface area contributed by atoms with Gasteiger partial charge >= 0.3 is 5.97 Å². The van der Waals surface area contributed by atoms with Crippen LogP contribution in [0.2, 0.25) is 0 Å². The third kappa shape index (κ3) is 3.85. The molecule has 0 spiro atoms. The molecule has 2 rings (SSSR count). The monoisotopic (exact) mass is 278 g/mol. The number of rotatable bonds is 5. The molecule has 0 saturated carbocycles. The summed E-state index contributed by atoms with van der Waals surface area (Å²) in [5, 5.41) is 8.65. The lowest BCUT2D eigenvalue weighted by Gasteiger charge is -2.32. The van der Waals surface area contributed by atoms with Crippen LogP contribution in [0.25, 0.3) is 0 Å². The molecule has 0 unspecified atom stereocenters. The van der Waals surface area contributed by atoms with Gasteiger partial charge in [0.15, 0.2) is 0 Å². The number of aliphatic carboxylic acids is 1. The van der Waals surface area contributed by atoms with Gasteiger partial charge in [-0.2, -0.15) is 0 Å². The van der Waals surface area contributed by atoms with Gasteiger partial charge in [-0.1, -0.05) is 6.92 Å². The van der Waals surface area contributed by atoms with E-state index in [1.807, 2.05) is 12.3 Å². The van der Waals surface area contributed by atoms with E-state index in [1.165, 1.54) is 12.8 Å². The zero-order valence-corrected chi connectivity index (χ0v) is 11.9. The first-order valence-electron chi connectivity index (χ1n) is 7.23. The van der Waals surface area contributed by atoms with Crippen molar-refractivity contribution >= 4 is 11.7 Å². The molecule has 0 atom stereocenters. The Balaban J connectivity index is 2.04. The highest BCUT2D eigenvalue weighted by molar-refractivity contribution is 5.66. The van der Waals surface area contributed by atoms with Gasteiger partial charge in [0.1, 0.15) is 0 Å². The Morgan fingerprint density at radius 1 is 1.35 bits per heavy atom. The van der Waals surface area contributed by atoms with Gasteiger partial charge in [0.25, 0.3) is 5.56 Å². The standard InChI is InChI=1S/C15H22N2O3/c1-12-6-9-16(10-7-12)13-4-5-14(18)17(11-13)8-2-3-15(19)20/h4-5,11-12H,2-3,6-10H2,1H3,(H,19,20). The first-order chi connectivity index (χ1) is 9.56. The zero-order valence-electron chi connectivity index (χ0n) is 11.9. The Labute approximate surface area is 118 Å². The molecular weight excluding hydrogens is 256 g/mol. The van der Waals surface area contributed by atoms with Crippen molar-refractivity contribution in [2.45, 2.75) is 39.2 Å². The van der Waals surface area contributed by atoms with Gasteiger partial charge in [-0.25, -0.2) is 0 Å². The zero-order chi connectivity index (χ0) is 14.5. The molecule has 1 aromatic heterocycles.